The standard InChI is InChI=1S/C16H26N2O5/c1-2-17-15(20)9-12-3-4-13(14(10-19)23-12)18-16(21)11-5-7-22-8-6-11/h3-4,11-14,19H,2,5-10H2,1H3,(H,17,20)(H,18,21)/t12-,13+,14-/m1/s1. The smallest absolute Gasteiger partial charge is 0.223 e. The Bertz CT molecular complexity index is 434. The predicted molar refractivity (Wildman–Crippen MR) is 83.7 cm³/mol. The maximum atomic E-state index is 12.3. The summed E-state index contributed by atoms with van der Waals surface area (Å²) in [7, 11) is 0. The van der Waals surface area contributed by atoms with Crippen molar-refractivity contribution >= 4 is 11.8 Å². The summed E-state index contributed by atoms with van der Waals surface area (Å²) in [6.45, 7) is 3.42. The zero-order chi connectivity index (χ0) is 16.7. The largest absolute Gasteiger partial charge is 0.394 e. The molecular weight excluding hydrogens is 300 g/mol. The van der Waals surface area contributed by atoms with E-state index in [4.69, 9.17) is 9.47 Å². The predicted octanol–water partition coefficient (Wildman–Crippen LogP) is -0.260. The van der Waals surface area contributed by atoms with Gasteiger partial charge in [-0.05, 0) is 19.8 Å². The van der Waals surface area contributed by atoms with Crippen molar-refractivity contribution in [2.45, 2.75) is 44.4 Å². The number of rotatable bonds is 6. The van der Waals surface area contributed by atoms with E-state index in [1.54, 1.807) is 6.08 Å². The molecule has 3 N–H and O–H groups in total. The van der Waals surface area contributed by atoms with E-state index in [-0.39, 0.29) is 42.9 Å². The molecule has 2 aliphatic heterocycles. The zero-order valence-corrected chi connectivity index (χ0v) is 13.5. The molecule has 23 heavy (non-hydrogen) atoms. The van der Waals surface area contributed by atoms with E-state index in [0.717, 1.165) is 0 Å². The van der Waals surface area contributed by atoms with Gasteiger partial charge in [0, 0.05) is 25.7 Å². The maximum absolute atomic E-state index is 12.3. The maximum Gasteiger partial charge on any atom is 0.223 e. The van der Waals surface area contributed by atoms with Crippen LogP contribution in [0.15, 0.2) is 12.2 Å². The fourth-order valence-corrected chi connectivity index (χ4v) is 2.83. The lowest BCUT2D eigenvalue weighted by molar-refractivity contribution is -0.132. The van der Waals surface area contributed by atoms with Crippen LogP contribution in [0.1, 0.15) is 26.2 Å². The number of ether oxygens (including phenoxy) is 2. The van der Waals surface area contributed by atoms with E-state index in [2.05, 4.69) is 10.6 Å². The molecule has 0 spiro atoms. The van der Waals surface area contributed by atoms with Crippen molar-refractivity contribution in [3.05, 3.63) is 12.2 Å². The van der Waals surface area contributed by atoms with Gasteiger partial charge < -0.3 is 25.2 Å². The number of carbonyl (C=O) groups excluding carboxylic acids is 2. The van der Waals surface area contributed by atoms with Gasteiger partial charge in [0.1, 0.15) is 6.10 Å². The van der Waals surface area contributed by atoms with Crippen molar-refractivity contribution in [2.24, 2.45) is 5.92 Å². The minimum Gasteiger partial charge on any atom is -0.394 e. The summed E-state index contributed by atoms with van der Waals surface area (Å²) in [5.74, 6) is -0.180. The molecule has 7 heteroatoms. The van der Waals surface area contributed by atoms with E-state index in [1.807, 2.05) is 13.0 Å². The summed E-state index contributed by atoms with van der Waals surface area (Å²) in [6.07, 6.45) is 4.31. The molecule has 0 unspecified atom stereocenters. The molecule has 130 valence electrons. The second kappa shape index (κ2) is 9.00. The highest BCUT2D eigenvalue weighted by Crippen LogP contribution is 2.19. The van der Waals surface area contributed by atoms with E-state index in [9.17, 15) is 14.7 Å². The number of nitrogens with one attached hydrogen (secondary N) is 2. The van der Waals surface area contributed by atoms with Crippen molar-refractivity contribution in [3.8, 4) is 0 Å². The molecule has 0 saturated carbocycles. The van der Waals surface area contributed by atoms with E-state index < -0.39 is 6.10 Å². The molecule has 0 aromatic carbocycles. The quantitative estimate of drug-likeness (QED) is 0.584. The molecule has 1 saturated heterocycles. The Morgan fingerprint density at radius 1 is 1.26 bits per heavy atom. The van der Waals surface area contributed by atoms with Gasteiger partial charge in [0.2, 0.25) is 11.8 Å². The average Bonchev–Trinajstić information content (AvgIpc) is 2.57. The van der Waals surface area contributed by atoms with Gasteiger partial charge in [0.25, 0.3) is 0 Å². The first-order chi connectivity index (χ1) is 11.1. The molecule has 7 nitrogen and oxygen atoms in total. The molecule has 3 atom stereocenters. The zero-order valence-electron chi connectivity index (χ0n) is 13.5. The number of hydrogen-bond donors (Lipinski definition) is 3. The Kier molecular flexibility index (Phi) is 7.01. The summed E-state index contributed by atoms with van der Waals surface area (Å²) in [4.78, 5) is 23.9. The van der Waals surface area contributed by atoms with Crippen molar-refractivity contribution in [3.63, 3.8) is 0 Å². The van der Waals surface area contributed by atoms with Crippen molar-refractivity contribution in [1.29, 1.82) is 0 Å². The number of amides is 2. The van der Waals surface area contributed by atoms with Crippen LogP contribution in [0, 0.1) is 5.92 Å². The fraction of sp³-hybridized carbons (Fsp3) is 0.750. The third kappa shape index (κ3) is 5.30. The minimum absolute atomic E-state index is 0.0350. The second-order valence-electron chi connectivity index (χ2n) is 5.86. The molecule has 0 radical (unpaired) electrons. The number of hydrogen-bond acceptors (Lipinski definition) is 5. The third-order valence-corrected chi connectivity index (χ3v) is 4.12. The van der Waals surface area contributed by atoms with Crippen LogP contribution in [0.25, 0.3) is 0 Å². The van der Waals surface area contributed by atoms with Gasteiger partial charge in [-0.25, -0.2) is 0 Å². The van der Waals surface area contributed by atoms with Gasteiger partial charge in [0.15, 0.2) is 0 Å². The Labute approximate surface area is 136 Å². The summed E-state index contributed by atoms with van der Waals surface area (Å²) in [5, 5.41) is 15.1. The SMILES string of the molecule is CCNC(=O)C[C@H]1C=C[C@H](NC(=O)C2CCOCC2)[C@@H](CO)O1. The van der Waals surface area contributed by atoms with Crippen LogP contribution in [-0.2, 0) is 19.1 Å². The highest BCUT2D eigenvalue weighted by atomic mass is 16.5. The van der Waals surface area contributed by atoms with Gasteiger partial charge in [-0.3, -0.25) is 9.59 Å². The molecule has 0 aliphatic carbocycles. The van der Waals surface area contributed by atoms with Crippen molar-refractivity contribution < 1.29 is 24.2 Å². The summed E-state index contributed by atoms with van der Waals surface area (Å²) in [6, 6.07) is -0.374. The minimum atomic E-state index is -0.539. The highest BCUT2D eigenvalue weighted by molar-refractivity contribution is 5.79. The van der Waals surface area contributed by atoms with Crippen LogP contribution in [0.3, 0.4) is 0 Å². The topological polar surface area (TPSA) is 96.9 Å². The van der Waals surface area contributed by atoms with E-state index >= 15 is 0 Å². The van der Waals surface area contributed by atoms with Crippen molar-refractivity contribution in [2.75, 3.05) is 26.4 Å². The van der Waals surface area contributed by atoms with Crippen LogP contribution < -0.4 is 10.6 Å². The molecule has 2 rings (SSSR count). The molecule has 0 aromatic heterocycles. The van der Waals surface area contributed by atoms with Crippen LogP contribution in [0.2, 0.25) is 0 Å². The highest BCUT2D eigenvalue weighted by Gasteiger charge is 2.31. The molecule has 2 amide bonds. The van der Waals surface area contributed by atoms with Crippen LogP contribution >= 0.6 is 0 Å². The second-order valence-corrected chi connectivity index (χ2v) is 5.86. The van der Waals surface area contributed by atoms with Crippen LogP contribution in [0.4, 0.5) is 0 Å². The molecule has 1 fully saturated rings. The number of aliphatic hydroxyl groups is 1. The first-order valence-electron chi connectivity index (χ1n) is 8.23. The molecule has 0 aromatic rings. The van der Waals surface area contributed by atoms with Gasteiger partial charge >= 0.3 is 0 Å². The van der Waals surface area contributed by atoms with Gasteiger partial charge in [-0.2, -0.15) is 0 Å². The van der Waals surface area contributed by atoms with Gasteiger partial charge in [0.05, 0.1) is 25.2 Å². The Balaban J connectivity index is 1.88. The lowest BCUT2D eigenvalue weighted by atomic mass is 9.97. The summed E-state index contributed by atoms with van der Waals surface area (Å²) >= 11 is 0. The summed E-state index contributed by atoms with van der Waals surface area (Å²) < 4.78 is 11.0. The first-order valence-corrected chi connectivity index (χ1v) is 8.23. The van der Waals surface area contributed by atoms with Gasteiger partial charge in [-0.15, -0.1) is 0 Å². The lowest BCUT2D eigenvalue weighted by Crippen LogP contribution is -2.50. The Morgan fingerprint density at radius 2 is 2.00 bits per heavy atom. The molecule has 0 bridgehead atoms. The normalized spacial score (nSPS) is 28.3. The monoisotopic (exact) mass is 326 g/mol. The fourth-order valence-electron chi connectivity index (χ4n) is 2.83. The van der Waals surface area contributed by atoms with E-state index in [1.165, 1.54) is 0 Å². The molecular formula is C16H26N2O5. The van der Waals surface area contributed by atoms with Crippen molar-refractivity contribution in [1.82, 2.24) is 10.6 Å². The summed E-state index contributed by atoms with van der Waals surface area (Å²) in [5.41, 5.74) is 0. The van der Waals surface area contributed by atoms with E-state index in [0.29, 0.717) is 32.6 Å². The average molecular weight is 326 g/mol. The number of carbonyl (C=O) groups is 2. The number of aliphatic hydroxyl groups excluding tert-OH is 1. The van der Waals surface area contributed by atoms with Crippen LogP contribution in [0.5, 0.6) is 0 Å². The Morgan fingerprint density at radius 3 is 2.65 bits per heavy atom. The molecule has 2 aliphatic rings. The lowest BCUT2D eigenvalue weighted by Gasteiger charge is -2.33. The Hall–Kier alpha value is -1.44. The first kappa shape index (κ1) is 17.9. The third-order valence-electron chi connectivity index (χ3n) is 4.12. The van der Waals surface area contributed by atoms with Gasteiger partial charge in [-0.1, -0.05) is 12.2 Å². The molecule has 2 heterocycles. The van der Waals surface area contributed by atoms with Crippen LogP contribution in [-0.4, -0.2) is 61.5 Å².